The molecule has 0 saturated carbocycles. The largest absolute Gasteiger partial charge is 0.481 e. The molecule has 9 nitrogen and oxygen atoms in total. The van der Waals surface area contributed by atoms with Gasteiger partial charge in [-0.25, -0.2) is 13.8 Å². The molecule has 1 aromatic carbocycles. The second-order valence-corrected chi connectivity index (χ2v) is 6.15. The monoisotopic (exact) mass is 410 g/mol. The molecular weight excluding hydrogens is 398 g/mol. The van der Waals surface area contributed by atoms with Crippen LogP contribution in [0, 0.1) is 11.6 Å². The first-order chi connectivity index (χ1) is 13.3. The van der Waals surface area contributed by atoms with E-state index < -0.39 is 29.5 Å². The van der Waals surface area contributed by atoms with Crippen LogP contribution in [0.1, 0.15) is 12.2 Å². The summed E-state index contributed by atoms with van der Waals surface area (Å²) in [4.78, 5) is 15.3. The normalized spacial score (nSPS) is 12.0. The molecule has 28 heavy (non-hydrogen) atoms. The summed E-state index contributed by atoms with van der Waals surface area (Å²) in [6.45, 7) is 0. The lowest BCUT2D eigenvalue weighted by Crippen LogP contribution is -2.26. The third-order valence-electron chi connectivity index (χ3n) is 3.46. The Morgan fingerprint density at radius 2 is 2.11 bits per heavy atom. The van der Waals surface area contributed by atoms with Gasteiger partial charge in [-0.05, 0) is 23.4 Å². The average Bonchev–Trinajstić information content (AvgIpc) is 3.06. The van der Waals surface area contributed by atoms with E-state index in [1.807, 2.05) is 0 Å². The Hall–Kier alpha value is -3.18. The van der Waals surface area contributed by atoms with E-state index in [4.69, 9.17) is 27.2 Å². The molecule has 12 heteroatoms. The van der Waals surface area contributed by atoms with Gasteiger partial charge in [0, 0.05) is 24.7 Å². The van der Waals surface area contributed by atoms with Gasteiger partial charge in [-0.1, -0.05) is 11.6 Å². The predicted molar refractivity (Wildman–Crippen MR) is 92.3 cm³/mol. The molecule has 0 aliphatic rings. The zero-order valence-electron chi connectivity index (χ0n) is 14.1. The first-order valence-corrected chi connectivity index (χ1v) is 8.24. The van der Waals surface area contributed by atoms with E-state index in [1.165, 1.54) is 18.3 Å². The molecule has 1 unspecified atom stereocenters. The number of hydrogen-bond donors (Lipinski definition) is 2. The van der Waals surface area contributed by atoms with Crippen molar-refractivity contribution in [2.24, 2.45) is 5.73 Å². The van der Waals surface area contributed by atoms with E-state index in [2.05, 4.69) is 20.4 Å². The molecule has 0 saturated heterocycles. The van der Waals surface area contributed by atoms with Crippen molar-refractivity contribution in [3.05, 3.63) is 52.9 Å². The van der Waals surface area contributed by atoms with Crippen LogP contribution in [0.4, 0.5) is 8.78 Å². The number of hydrogen-bond acceptors (Lipinski definition) is 7. The fourth-order valence-corrected chi connectivity index (χ4v) is 2.39. The standard InChI is InChI=1S/C16H13ClF2N6O3/c17-8-3-12(19)16(21-7-8)28-13-2-1-10(6-11(13)18)25-23-14(22-24-25)4-9(20)5-15(26)27/h1-3,6-7,9H,4-5,20H2,(H,26,27). The van der Waals surface area contributed by atoms with Crippen LogP contribution in [0.3, 0.4) is 0 Å². The Labute approximate surface area is 161 Å². The molecule has 0 fully saturated rings. The smallest absolute Gasteiger partial charge is 0.304 e. The lowest BCUT2D eigenvalue weighted by molar-refractivity contribution is -0.137. The Morgan fingerprint density at radius 1 is 1.32 bits per heavy atom. The number of tetrazole rings is 1. The molecule has 0 aliphatic heterocycles. The molecule has 0 spiro atoms. The quantitative estimate of drug-likeness (QED) is 0.606. The topological polar surface area (TPSA) is 129 Å². The molecule has 3 rings (SSSR count). The summed E-state index contributed by atoms with van der Waals surface area (Å²) in [5.41, 5.74) is 5.90. The lowest BCUT2D eigenvalue weighted by atomic mass is 10.1. The summed E-state index contributed by atoms with van der Waals surface area (Å²) in [6.07, 6.45) is 1.02. The maximum atomic E-state index is 14.3. The molecule has 2 heterocycles. The summed E-state index contributed by atoms with van der Waals surface area (Å²) in [6, 6.07) is 4.05. The van der Waals surface area contributed by atoms with Gasteiger partial charge in [0.25, 0.3) is 5.88 Å². The number of aliphatic carboxylic acids is 1. The number of aromatic nitrogens is 5. The number of carboxylic acids is 1. The summed E-state index contributed by atoms with van der Waals surface area (Å²) in [7, 11) is 0. The van der Waals surface area contributed by atoms with Crippen molar-refractivity contribution in [1.82, 2.24) is 25.2 Å². The SMILES string of the molecule is NC(CC(=O)O)Cc1nnn(-c2ccc(Oc3ncc(Cl)cc3F)c(F)c2)n1. The number of nitrogens with zero attached hydrogens (tertiary/aromatic N) is 5. The highest BCUT2D eigenvalue weighted by molar-refractivity contribution is 6.30. The number of nitrogens with two attached hydrogens (primary N) is 1. The van der Waals surface area contributed by atoms with E-state index in [-0.39, 0.29) is 35.1 Å². The Kier molecular flexibility index (Phi) is 5.76. The second kappa shape index (κ2) is 8.23. The molecular formula is C16H13ClF2N6O3. The fourth-order valence-electron chi connectivity index (χ4n) is 2.24. The molecule has 0 aliphatic carbocycles. The van der Waals surface area contributed by atoms with Gasteiger partial charge in [0.05, 0.1) is 17.1 Å². The Morgan fingerprint density at radius 3 is 2.79 bits per heavy atom. The summed E-state index contributed by atoms with van der Waals surface area (Å²) < 4.78 is 33.2. The molecule has 146 valence electrons. The van der Waals surface area contributed by atoms with Gasteiger partial charge in [0.1, 0.15) is 0 Å². The zero-order valence-corrected chi connectivity index (χ0v) is 14.8. The van der Waals surface area contributed by atoms with Crippen LogP contribution in [-0.4, -0.2) is 42.3 Å². The first-order valence-electron chi connectivity index (χ1n) is 7.87. The van der Waals surface area contributed by atoms with Gasteiger partial charge in [0.15, 0.2) is 23.2 Å². The fraction of sp³-hybridized carbons (Fsp3) is 0.188. The number of benzene rings is 1. The Bertz CT molecular complexity index is 1020. The van der Waals surface area contributed by atoms with E-state index >= 15 is 0 Å². The number of pyridine rings is 1. The van der Waals surface area contributed by atoms with Gasteiger partial charge in [-0.15, -0.1) is 15.0 Å². The zero-order chi connectivity index (χ0) is 20.3. The molecule has 3 N–H and O–H groups in total. The summed E-state index contributed by atoms with van der Waals surface area (Å²) in [5, 5.41) is 20.4. The van der Waals surface area contributed by atoms with Crippen LogP contribution < -0.4 is 10.5 Å². The third-order valence-corrected chi connectivity index (χ3v) is 3.67. The predicted octanol–water partition coefficient (Wildman–Crippen LogP) is 2.13. The van der Waals surface area contributed by atoms with Crippen molar-refractivity contribution in [3.8, 4) is 17.3 Å². The first kappa shape index (κ1) is 19.6. The number of halogens is 3. The summed E-state index contributed by atoms with van der Waals surface area (Å²) in [5.74, 6) is -3.16. The van der Waals surface area contributed by atoms with Crippen LogP contribution in [0.2, 0.25) is 5.02 Å². The van der Waals surface area contributed by atoms with Crippen molar-refractivity contribution in [2.75, 3.05) is 0 Å². The van der Waals surface area contributed by atoms with E-state index in [1.54, 1.807) is 0 Å². The molecule has 2 aromatic heterocycles. The van der Waals surface area contributed by atoms with Crippen molar-refractivity contribution in [3.63, 3.8) is 0 Å². The number of rotatable bonds is 7. The van der Waals surface area contributed by atoms with Crippen molar-refractivity contribution >= 4 is 17.6 Å². The molecule has 0 amide bonds. The van der Waals surface area contributed by atoms with E-state index in [0.29, 0.717) is 0 Å². The maximum Gasteiger partial charge on any atom is 0.304 e. The highest BCUT2D eigenvalue weighted by Crippen LogP contribution is 2.27. The van der Waals surface area contributed by atoms with E-state index in [0.717, 1.165) is 16.9 Å². The van der Waals surface area contributed by atoms with Gasteiger partial charge in [-0.2, -0.15) is 0 Å². The summed E-state index contributed by atoms with van der Waals surface area (Å²) >= 11 is 5.61. The van der Waals surface area contributed by atoms with Gasteiger partial charge >= 0.3 is 5.97 Å². The minimum Gasteiger partial charge on any atom is -0.481 e. The third kappa shape index (κ3) is 4.75. The van der Waals surface area contributed by atoms with Crippen molar-refractivity contribution < 1.29 is 23.4 Å². The van der Waals surface area contributed by atoms with Crippen LogP contribution >= 0.6 is 11.6 Å². The molecule has 3 aromatic rings. The van der Waals surface area contributed by atoms with E-state index in [9.17, 15) is 13.6 Å². The number of ether oxygens (including phenoxy) is 1. The van der Waals surface area contributed by atoms with Crippen molar-refractivity contribution in [1.29, 1.82) is 0 Å². The Balaban J connectivity index is 1.74. The molecule has 1 atom stereocenters. The number of carbonyl (C=O) groups is 1. The highest BCUT2D eigenvalue weighted by atomic mass is 35.5. The molecule has 0 radical (unpaired) electrons. The minimum absolute atomic E-state index is 0.0804. The van der Waals surface area contributed by atoms with Crippen LogP contribution in [0.15, 0.2) is 30.5 Å². The van der Waals surface area contributed by atoms with Crippen LogP contribution in [-0.2, 0) is 11.2 Å². The number of carboxylic acid groups (broad SMARTS) is 1. The lowest BCUT2D eigenvalue weighted by Gasteiger charge is -2.08. The minimum atomic E-state index is -1.04. The van der Waals surface area contributed by atoms with Crippen molar-refractivity contribution in [2.45, 2.75) is 18.9 Å². The molecule has 0 bridgehead atoms. The van der Waals surface area contributed by atoms with Crippen LogP contribution in [0.25, 0.3) is 5.69 Å². The van der Waals surface area contributed by atoms with Gasteiger partial charge < -0.3 is 15.6 Å². The van der Waals surface area contributed by atoms with Crippen LogP contribution in [0.5, 0.6) is 11.6 Å². The van der Waals surface area contributed by atoms with Gasteiger partial charge in [-0.3, -0.25) is 4.79 Å². The van der Waals surface area contributed by atoms with Gasteiger partial charge in [0.2, 0.25) is 0 Å². The maximum absolute atomic E-state index is 14.3. The highest BCUT2D eigenvalue weighted by Gasteiger charge is 2.15. The average molecular weight is 411 g/mol. The second-order valence-electron chi connectivity index (χ2n) is 5.71.